The summed E-state index contributed by atoms with van der Waals surface area (Å²) in [5.74, 6) is -0.332. The minimum atomic E-state index is -0.236. The predicted octanol–water partition coefficient (Wildman–Crippen LogP) is 0.353. The first-order valence-corrected chi connectivity index (χ1v) is 7.79. The van der Waals surface area contributed by atoms with E-state index < -0.39 is 0 Å². The molecule has 0 radical (unpaired) electrons. The van der Waals surface area contributed by atoms with Gasteiger partial charge in [-0.15, -0.1) is 0 Å². The number of nitrogens with zero attached hydrogens (tertiary/aromatic N) is 1. The summed E-state index contributed by atoms with van der Waals surface area (Å²) >= 11 is 0. The van der Waals surface area contributed by atoms with Gasteiger partial charge < -0.3 is 15.0 Å². The van der Waals surface area contributed by atoms with Crippen molar-refractivity contribution in [3.8, 4) is 6.07 Å². The number of nitriles is 1. The Morgan fingerprint density at radius 3 is 2.61 bits per heavy atom. The molecule has 1 fully saturated rings. The van der Waals surface area contributed by atoms with E-state index in [9.17, 15) is 9.59 Å². The van der Waals surface area contributed by atoms with Gasteiger partial charge in [0.15, 0.2) is 6.04 Å². The highest BCUT2D eigenvalue weighted by molar-refractivity contribution is 5.94. The summed E-state index contributed by atoms with van der Waals surface area (Å²) in [6, 6.07) is 8.79. The summed E-state index contributed by atoms with van der Waals surface area (Å²) < 4.78 is 4.78. The number of piperidine rings is 1. The highest BCUT2D eigenvalue weighted by atomic mass is 16.5. The maximum Gasteiger partial charge on any atom is 0.309 e. The number of para-hydroxylation sites is 1. The van der Waals surface area contributed by atoms with Crippen molar-refractivity contribution < 1.29 is 19.2 Å². The molecule has 1 aromatic rings. The van der Waals surface area contributed by atoms with E-state index in [0.29, 0.717) is 11.3 Å². The Morgan fingerprint density at radius 2 is 2.00 bits per heavy atom. The molecular weight excluding hydrogens is 294 g/mol. The number of carbonyl (C=O) groups excluding carboxylic acids is 2. The molecule has 0 saturated carbocycles. The number of hydrogen-bond acceptors (Lipinski definition) is 4. The molecule has 1 atom stereocenters. The normalized spacial score (nSPS) is 21.8. The Bertz CT molecular complexity index is 616. The van der Waals surface area contributed by atoms with Gasteiger partial charge in [0.1, 0.15) is 6.07 Å². The van der Waals surface area contributed by atoms with Crippen LogP contribution in [0.4, 0.5) is 5.69 Å². The number of hydrogen-bond donors (Lipinski definition) is 2. The fraction of sp³-hybridized carbons (Fsp3) is 0.471. The quantitative estimate of drug-likeness (QED) is 0.785. The number of anilines is 1. The molecule has 0 bridgehead atoms. The van der Waals surface area contributed by atoms with Gasteiger partial charge >= 0.3 is 5.97 Å². The third-order valence-electron chi connectivity index (χ3n) is 4.47. The maximum absolute atomic E-state index is 12.4. The van der Waals surface area contributed by atoms with Crippen LogP contribution >= 0.6 is 0 Å². The second kappa shape index (κ2) is 7.75. The molecular formula is C17H22N3O3+. The summed E-state index contributed by atoms with van der Waals surface area (Å²) in [5, 5.41) is 11.9. The van der Waals surface area contributed by atoms with Crippen molar-refractivity contribution in [1.82, 2.24) is 0 Å². The van der Waals surface area contributed by atoms with Gasteiger partial charge in [0.05, 0.1) is 37.4 Å². The standard InChI is InChI=1S/C17H21N3O3/c1-12(20-9-7-13(8-10-20)17(22)23-2)16(21)19-15-6-4-3-5-14(15)11-18/h3-6,12-13H,7-10H2,1-2H3,(H,19,21)/p+1/t12-/m1/s1. The minimum absolute atomic E-state index is 0.0571. The molecule has 6 nitrogen and oxygen atoms in total. The molecule has 6 heteroatoms. The smallest absolute Gasteiger partial charge is 0.309 e. The van der Waals surface area contributed by atoms with E-state index in [1.165, 1.54) is 7.11 Å². The first-order chi connectivity index (χ1) is 11.1. The average molecular weight is 316 g/mol. The number of likely N-dealkylation sites (tertiary alicyclic amines) is 1. The Labute approximate surface area is 136 Å². The predicted molar refractivity (Wildman–Crippen MR) is 84.7 cm³/mol. The molecule has 1 amide bonds. The van der Waals surface area contributed by atoms with Crippen LogP contribution in [-0.4, -0.2) is 38.1 Å². The number of rotatable bonds is 4. The average Bonchev–Trinajstić information content (AvgIpc) is 2.61. The van der Waals surface area contributed by atoms with Gasteiger partial charge in [-0.05, 0) is 19.1 Å². The summed E-state index contributed by atoms with van der Waals surface area (Å²) in [4.78, 5) is 25.1. The first-order valence-electron chi connectivity index (χ1n) is 7.79. The summed E-state index contributed by atoms with van der Waals surface area (Å²) in [5.41, 5.74) is 0.989. The van der Waals surface area contributed by atoms with Crippen molar-refractivity contribution in [2.24, 2.45) is 5.92 Å². The lowest BCUT2D eigenvalue weighted by atomic mass is 9.96. The van der Waals surface area contributed by atoms with Gasteiger partial charge in [0, 0.05) is 12.8 Å². The van der Waals surface area contributed by atoms with Gasteiger partial charge in [-0.3, -0.25) is 9.59 Å². The number of benzene rings is 1. The van der Waals surface area contributed by atoms with E-state index >= 15 is 0 Å². The monoisotopic (exact) mass is 316 g/mol. The molecule has 0 aromatic heterocycles. The van der Waals surface area contributed by atoms with Gasteiger partial charge in [-0.2, -0.15) is 5.26 Å². The van der Waals surface area contributed by atoms with Crippen molar-refractivity contribution in [2.45, 2.75) is 25.8 Å². The zero-order valence-electron chi connectivity index (χ0n) is 13.5. The van der Waals surface area contributed by atoms with Gasteiger partial charge in [0.25, 0.3) is 5.91 Å². The Kier molecular flexibility index (Phi) is 5.72. The number of nitrogens with one attached hydrogen (secondary N) is 2. The number of quaternary nitrogens is 1. The van der Waals surface area contributed by atoms with Crippen molar-refractivity contribution in [1.29, 1.82) is 5.26 Å². The van der Waals surface area contributed by atoms with E-state index in [4.69, 9.17) is 10.00 Å². The highest BCUT2D eigenvalue weighted by Gasteiger charge is 2.33. The third kappa shape index (κ3) is 4.08. The Balaban J connectivity index is 1.93. The summed E-state index contributed by atoms with van der Waals surface area (Å²) in [6.45, 7) is 3.39. The Hall–Kier alpha value is -2.39. The zero-order valence-corrected chi connectivity index (χ0v) is 13.5. The van der Waals surface area contributed by atoms with E-state index in [-0.39, 0.29) is 23.8 Å². The van der Waals surface area contributed by atoms with Crippen molar-refractivity contribution in [3.05, 3.63) is 29.8 Å². The first kappa shape index (κ1) is 17.0. The lowest BCUT2D eigenvalue weighted by Crippen LogP contribution is -3.17. The minimum Gasteiger partial charge on any atom is -0.469 e. The molecule has 2 rings (SSSR count). The van der Waals surface area contributed by atoms with E-state index in [1.54, 1.807) is 24.3 Å². The molecule has 1 aliphatic rings. The molecule has 1 aromatic carbocycles. The molecule has 1 saturated heterocycles. The van der Waals surface area contributed by atoms with Crippen LogP contribution in [0.15, 0.2) is 24.3 Å². The fourth-order valence-corrected chi connectivity index (χ4v) is 2.94. The number of ether oxygens (including phenoxy) is 1. The molecule has 122 valence electrons. The molecule has 1 heterocycles. The molecule has 2 N–H and O–H groups in total. The van der Waals surface area contributed by atoms with Crippen molar-refractivity contribution in [2.75, 3.05) is 25.5 Å². The van der Waals surface area contributed by atoms with Crippen LogP contribution in [0.5, 0.6) is 0 Å². The van der Waals surface area contributed by atoms with Crippen molar-refractivity contribution in [3.63, 3.8) is 0 Å². The summed E-state index contributed by atoms with van der Waals surface area (Å²) in [7, 11) is 1.41. The highest BCUT2D eigenvalue weighted by Crippen LogP contribution is 2.14. The Morgan fingerprint density at radius 1 is 1.35 bits per heavy atom. The molecule has 0 spiro atoms. The second-order valence-electron chi connectivity index (χ2n) is 5.82. The van der Waals surface area contributed by atoms with E-state index in [2.05, 4.69) is 11.4 Å². The van der Waals surface area contributed by atoms with E-state index in [0.717, 1.165) is 30.8 Å². The summed E-state index contributed by atoms with van der Waals surface area (Å²) in [6.07, 6.45) is 1.46. The number of methoxy groups -OCH3 is 1. The fourth-order valence-electron chi connectivity index (χ4n) is 2.94. The number of carbonyl (C=O) groups is 2. The van der Waals surface area contributed by atoms with Gasteiger partial charge in [-0.25, -0.2) is 0 Å². The lowest BCUT2D eigenvalue weighted by Gasteiger charge is -2.31. The molecule has 0 aliphatic carbocycles. The van der Waals surface area contributed by atoms with Crippen LogP contribution in [0.3, 0.4) is 0 Å². The van der Waals surface area contributed by atoms with Crippen LogP contribution in [-0.2, 0) is 14.3 Å². The molecule has 23 heavy (non-hydrogen) atoms. The number of esters is 1. The lowest BCUT2D eigenvalue weighted by molar-refractivity contribution is -0.919. The molecule has 0 unspecified atom stereocenters. The largest absolute Gasteiger partial charge is 0.469 e. The van der Waals surface area contributed by atoms with E-state index in [1.807, 2.05) is 6.92 Å². The topological polar surface area (TPSA) is 83.6 Å². The van der Waals surface area contributed by atoms with Crippen LogP contribution in [0.25, 0.3) is 0 Å². The van der Waals surface area contributed by atoms with Crippen LogP contribution in [0, 0.1) is 17.2 Å². The van der Waals surface area contributed by atoms with Gasteiger partial charge in [-0.1, -0.05) is 12.1 Å². The van der Waals surface area contributed by atoms with Gasteiger partial charge in [0.2, 0.25) is 0 Å². The van der Waals surface area contributed by atoms with Crippen LogP contribution in [0.2, 0.25) is 0 Å². The third-order valence-corrected chi connectivity index (χ3v) is 4.47. The number of amides is 1. The van der Waals surface area contributed by atoms with Crippen LogP contribution < -0.4 is 10.2 Å². The second-order valence-corrected chi connectivity index (χ2v) is 5.82. The maximum atomic E-state index is 12.4. The molecule has 1 aliphatic heterocycles. The van der Waals surface area contributed by atoms with Crippen molar-refractivity contribution >= 4 is 17.6 Å². The van der Waals surface area contributed by atoms with Crippen LogP contribution in [0.1, 0.15) is 25.3 Å². The zero-order chi connectivity index (χ0) is 16.8. The SMILES string of the molecule is COC(=O)C1CC[NH+]([C@H](C)C(=O)Nc2ccccc2C#N)CC1.